The van der Waals surface area contributed by atoms with Crippen LogP contribution in [-0.2, 0) is 11.3 Å². The smallest absolute Gasteiger partial charge is 0.306 e. The number of para-hydroxylation sites is 2. The van der Waals surface area contributed by atoms with Crippen LogP contribution >= 0.6 is 0 Å². The molecule has 6 nitrogen and oxygen atoms in total. The van der Waals surface area contributed by atoms with Crippen LogP contribution in [0.5, 0.6) is 0 Å². The van der Waals surface area contributed by atoms with Gasteiger partial charge in [-0.15, -0.1) is 0 Å². The summed E-state index contributed by atoms with van der Waals surface area (Å²) in [5, 5.41) is 14.3. The summed E-state index contributed by atoms with van der Waals surface area (Å²) in [6, 6.07) is 17.7. The molecule has 1 aliphatic rings. The van der Waals surface area contributed by atoms with E-state index in [-0.39, 0.29) is 11.8 Å². The van der Waals surface area contributed by atoms with E-state index in [9.17, 15) is 9.59 Å². The third-order valence-corrected chi connectivity index (χ3v) is 6.58. The van der Waals surface area contributed by atoms with Crippen LogP contribution in [-0.4, -0.2) is 28.1 Å². The Morgan fingerprint density at radius 1 is 1.00 bits per heavy atom. The minimum absolute atomic E-state index is 0.0967. The summed E-state index contributed by atoms with van der Waals surface area (Å²) in [6.45, 7) is 1.12. The largest absolute Gasteiger partial charge is 0.481 e. The summed E-state index contributed by atoms with van der Waals surface area (Å²) in [5.74, 6) is 0.132. The van der Waals surface area contributed by atoms with Crippen molar-refractivity contribution in [3.63, 3.8) is 0 Å². The molecule has 2 aromatic carbocycles. The number of nitrogens with zero attached hydrogens (tertiary/aromatic N) is 1. The second kappa shape index (κ2) is 8.54. The quantitative estimate of drug-likeness (QED) is 0.448. The van der Waals surface area contributed by atoms with Gasteiger partial charge in [-0.3, -0.25) is 9.59 Å². The molecule has 0 bridgehead atoms. The maximum absolute atomic E-state index is 13.1. The van der Waals surface area contributed by atoms with E-state index in [1.807, 2.05) is 60.8 Å². The van der Waals surface area contributed by atoms with Crippen LogP contribution in [0.15, 0.2) is 65.2 Å². The average molecular weight is 431 g/mol. The molecule has 0 radical (unpaired) electrons. The van der Waals surface area contributed by atoms with E-state index in [4.69, 9.17) is 9.52 Å². The molecule has 2 heterocycles. The van der Waals surface area contributed by atoms with Crippen molar-refractivity contribution in [3.8, 4) is 0 Å². The third kappa shape index (κ3) is 4.00. The summed E-state index contributed by atoms with van der Waals surface area (Å²) < 4.78 is 8.04. The zero-order valence-corrected chi connectivity index (χ0v) is 17.8. The van der Waals surface area contributed by atoms with Crippen molar-refractivity contribution in [1.29, 1.82) is 0 Å². The number of benzene rings is 2. The molecule has 2 aromatic heterocycles. The van der Waals surface area contributed by atoms with Gasteiger partial charge in [0.25, 0.3) is 5.91 Å². The van der Waals surface area contributed by atoms with Crippen molar-refractivity contribution in [3.05, 3.63) is 72.1 Å². The van der Waals surface area contributed by atoms with Gasteiger partial charge in [-0.05, 0) is 55.9 Å². The Labute approximate surface area is 185 Å². The number of carbonyl (C=O) groups is 2. The molecule has 0 aliphatic heterocycles. The molecule has 0 saturated heterocycles. The summed E-state index contributed by atoms with van der Waals surface area (Å²) >= 11 is 0. The standard InChI is InChI=1S/C26H26N2O4/c29-25(27-15-17-8-10-19(11-9-17)26(30)31)22-6-3-5-18-12-13-28(24(18)22)16-21-14-20-4-1-2-7-23(20)32-21/h1-7,12-14,17,19H,8-11,15-16H2,(H,27,29)(H,30,31)/t17-,19-. The van der Waals surface area contributed by atoms with Gasteiger partial charge in [0.15, 0.2) is 0 Å². The highest BCUT2D eigenvalue weighted by atomic mass is 16.4. The van der Waals surface area contributed by atoms with Gasteiger partial charge in [0.2, 0.25) is 0 Å². The number of amides is 1. The van der Waals surface area contributed by atoms with E-state index < -0.39 is 5.97 Å². The molecule has 0 unspecified atom stereocenters. The first-order valence-electron chi connectivity index (χ1n) is 11.1. The van der Waals surface area contributed by atoms with Crippen LogP contribution in [0.3, 0.4) is 0 Å². The van der Waals surface area contributed by atoms with Gasteiger partial charge < -0.3 is 19.4 Å². The third-order valence-electron chi connectivity index (χ3n) is 6.58. The number of aliphatic carboxylic acids is 1. The topological polar surface area (TPSA) is 84.5 Å². The van der Waals surface area contributed by atoms with Crippen molar-refractivity contribution < 1.29 is 19.1 Å². The average Bonchev–Trinajstić information content (AvgIpc) is 3.41. The van der Waals surface area contributed by atoms with Crippen LogP contribution in [0.4, 0.5) is 0 Å². The first kappa shape index (κ1) is 20.4. The number of rotatable bonds is 6. The normalized spacial score (nSPS) is 18.8. The lowest BCUT2D eigenvalue weighted by Crippen LogP contribution is -2.32. The van der Waals surface area contributed by atoms with Crippen molar-refractivity contribution >= 4 is 33.7 Å². The Balaban J connectivity index is 1.32. The van der Waals surface area contributed by atoms with E-state index >= 15 is 0 Å². The van der Waals surface area contributed by atoms with Crippen molar-refractivity contribution in [2.75, 3.05) is 6.54 Å². The van der Waals surface area contributed by atoms with Gasteiger partial charge in [0, 0.05) is 23.5 Å². The molecular formula is C26H26N2O4. The number of nitrogens with one attached hydrogen (secondary N) is 1. The highest BCUT2D eigenvalue weighted by molar-refractivity contribution is 6.06. The number of carbonyl (C=O) groups excluding carboxylic acids is 1. The van der Waals surface area contributed by atoms with E-state index in [1.165, 1.54) is 0 Å². The predicted octanol–water partition coefficient (Wildman–Crippen LogP) is 5.06. The molecule has 1 saturated carbocycles. The maximum atomic E-state index is 13.1. The molecule has 4 aromatic rings. The van der Waals surface area contributed by atoms with Gasteiger partial charge >= 0.3 is 5.97 Å². The number of carboxylic acids is 1. The SMILES string of the molecule is O=C(NC[C@H]1CC[C@H](C(=O)O)CC1)c1cccc2ccn(Cc3cc4ccccc4o3)c12. The molecular weight excluding hydrogens is 404 g/mol. The zero-order chi connectivity index (χ0) is 22.1. The molecule has 5 rings (SSSR count). The lowest BCUT2D eigenvalue weighted by molar-refractivity contribution is -0.143. The number of hydrogen-bond acceptors (Lipinski definition) is 3. The van der Waals surface area contributed by atoms with Gasteiger partial charge in [-0.1, -0.05) is 30.3 Å². The van der Waals surface area contributed by atoms with Gasteiger partial charge in [-0.25, -0.2) is 0 Å². The molecule has 0 atom stereocenters. The fourth-order valence-electron chi connectivity index (χ4n) is 4.80. The summed E-state index contributed by atoms with van der Waals surface area (Å²) in [4.78, 5) is 24.2. The van der Waals surface area contributed by atoms with Crippen LogP contribution in [0.1, 0.15) is 41.8 Å². The Hall–Kier alpha value is -3.54. The van der Waals surface area contributed by atoms with Crippen LogP contribution in [0.25, 0.3) is 21.9 Å². The number of hydrogen-bond donors (Lipinski definition) is 2. The molecule has 1 fully saturated rings. The van der Waals surface area contributed by atoms with Crippen molar-refractivity contribution in [2.24, 2.45) is 11.8 Å². The Morgan fingerprint density at radius 3 is 2.56 bits per heavy atom. The molecule has 32 heavy (non-hydrogen) atoms. The summed E-state index contributed by atoms with van der Waals surface area (Å²) in [7, 11) is 0. The zero-order valence-electron chi connectivity index (χ0n) is 17.8. The van der Waals surface area contributed by atoms with E-state index in [1.54, 1.807) is 0 Å². The minimum atomic E-state index is -0.704. The van der Waals surface area contributed by atoms with Crippen LogP contribution in [0.2, 0.25) is 0 Å². The van der Waals surface area contributed by atoms with Crippen LogP contribution in [0, 0.1) is 11.8 Å². The summed E-state index contributed by atoms with van der Waals surface area (Å²) in [6.07, 6.45) is 5.03. The van der Waals surface area contributed by atoms with Gasteiger partial charge in [-0.2, -0.15) is 0 Å². The lowest BCUT2D eigenvalue weighted by atomic mass is 9.82. The first-order chi connectivity index (χ1) is 15.6. The minimum Gasteiger partial charge on any atom is -0.481 e. The molecule has 2 N–H and O–H groups in total. The van der Waals surface area contributed by atoms with Crippen molar-refractivity contribution in [2.45, 2.75) is 32.2 Å². The molecule has 1 amide bonds. The molecule has 1 aliphatic carbocycles. The van der Waals surface area contributed by atoms with Gasteiger partial charge in [0.05, 0.1) is 23.5 Å². The van der Waals surface area contributed by atoms with E-state index in [0.29, 0.717) is 37.4 Å². The van der Waals surface area contributed by atoms with Crippen LogP contribution < -0.4 is 5.32 Å². The lowest BCUT2D eigenvalue weighted by Gasteiger charge is -2.26. The number of aromatic nitrogens is 1. The molecule has 164 valence electrons. The van der Waals surface area contributed by atoms with Gasteiger partial charge in [0.1, 0.15) is 11.3 Å². The Bertz CT molecular complexity index is 1240. The fourth-order valence-corrected chi connectivity index (χ4v) is 4.80. The second-order valence-electron chi connectivity index (χ2n) is 8.70. The predicted molar refractivity (Wildman–Crippen MR) is 123 cm³/mol. The summed E-state index contributed by atoms with van der Waals surface area (Å²) in [5.41, 5.74) is 2.39. The second-order valence-corrected chi connectivity index (χ2v) is 8.70. The molecule has 0 spiro atoms. The van der Waals surface area contributed by atoms with E-state index in [2.05, 4.69) is 9.88 Å². The van der Waals surface area contributed by atoms with Crippen molar-refractivity contribution in [1.82, 2.24) is 9.88 Å². The Morgan fingerprint density at radius 2 is 1.78 bits per heavy atom. The fraction of sp³-hybridized carbons (Fsp3) is 0.308. The number of fused-ring (bicyclic) bond motifs is 2. The number of carboxylic acid groups (broad SMARTS) is 1. The monoisotopic (exact) mass is 430 g/mol. The first-order valence-corrected chi connectivity index (χ1v) is 11.1. The Kier molecular flexibility index (Phi) is 5.43. The number of furan rings is 1. The highest BCUT2D eigenvalue weighted by Crippen LogP contribution is 2.29. The highest BCUT2D eigenvalue weighted by Gasteiger charge is 2.26. The maximum Gasteiger partial charge on any atom is 0.306 e. The van der Waals surface area contributed by atoms with E-state index in [0.717, 1.165) is 40.5 Å². The molecule has 6 heteroatoms.